The second-order valence-corrected chi connectivity index (χ2v) is 6.09. The van der Waals surface area contributed by atoms with Gasteiger partial charge in [0.2, 0.25) is 0 Å². The van der Waals surface area contributed by atoms with Gasteiger partial charge in [0.25, 0.3) is 0 Å². The van der Waals surface area contributed by atoms with Gasteiger partial charge in [0, 0.05) is 16.0 Å². The molecule has 0 atom stereocenters. The minimum Gasteiger partial charge on any atom is -0.544 e. The summed E-state index contributed by atoms with van der Waals surface area (Å²) in [5.74, 6) is -6.59. The zero-order chi connectivity index (χ0) is 19.1. The summed E-state index contributed by atoms with van der Waals surface area (Å²) in [5.41, 5.74) is 1.04. The number of halogens is 3. The van der Waals surface area contributed by atoms with Crippen molar-refractivity contribution in [3.63, 3.8) is 0 Å². The van der Waals surface area contributed by atoms with Gasteiger partial charge in [-0.25, -0.2) is 4.85 Å². The highest BCUT2D eigenvalue weighted by molar-refractivity contribution is 6.31. The molecular formula is C18H11ClF2N3O2-. The molecule has 26 heavy (non-hydrogen) atoms. The molecule has 0 radical (unpaired) electrons. The van der Waals surface area contributed by atoms with E-state index in [1.165, 1.54) is 10.7 Å². The number of hydrogen-bond acceptors (Lipinski definition) is 3. The van der Waals surface area contributed by atoms with Gasteiger partial charge in [0.05, 0.1) is 24.3 Å². The lowest BCUT2D eigenvalue weighted by atomic mass is 10.1. The molecule has 0 aliphatic carbocycles. The molecule has 0 aliphatic heterocycles. The number of carbonyl (C=O) groups is 1. The third-order valence-corrected chi connectivity index (χ3v) is 4.43. The second-order valence-electron chi connectivity index (χ2n) is 5.69. The van der Waals surface area contributed by atoms with Crippen molar-refractivity contribution in [2.75, 3.05) is 0 Å². The third kappa shape index (κ3) is 2.89. The van der Waals surface area contributed by atoms with Crippen molar-refractivity contribution < 1.29 is 18.7 Å². The van der Waals surface area contributed by atoms with Crippen molar-refractivity contribution in [2.24, 2.45) is 0 Å². The van der Waals surface area contributed by atoms with Crippen molar-refractivity contribution in [2.45, 2.75) is 19.4 Å². The molecule has 0 N–H and O–H groups in total. The minimum atomic E-state index is -4.12. The summed E-state index contributed by atoms with van der Waals surface area (Å²) in [4.78, 5) is 14.1. The van der Waals surface area contributed by atoms with E-state index in [9.17, 15) is 18.7 Å². The zero-order valence-corrected chi connectivity index (χ0v) is 14.2. The van der Waals surface area contributed by atoms with Crippen LogP contribution in [-0.4, -0.2) is 15.7 Å². The van der Waals surface area contributed by atoms with E-state index in [2.05, 4.69) is 9.94 Å². The van der Waals surface area contributed by atoms with E-state index >= 15 is 0 Å². The Morgan fingerprint density at radius 1 is 1.38 bits per heavy atom. The molecule has 0 unspecified atom stereocenters. The number of aromatic nitrogens is 2. The number of hydrogen-bond donors (Lipinski definition) is 0. The van der Waals surface area contributed by atoms with Crippen molar-refractivity contribution >= 4 is 34.2 Å². The summed E-state index contributed by atoms with van der Waals surface area (Å²) in [6.07, 6.45) is 0. The molecule has 5 nitrogen and oxygen atoms in total. The highest BCUT2D eigenvalue weighted by atomic mass is 35.5. The minimum absolute atomic E-state index is 0.0854. The molecule has 3 aromatic rings. The van der Waals surface area contributed by atoms with Crippen LogP contribution < -0.4 is 5.11 Å². The van der Waals surface area contributed by atoms with Crippen LogP contribution in [0, 0.1) is 13.5 Å². The predicted molar refractivity (Wildman–Crippen MR) is 90.2 cm³/mol. The van der Waals surface area contributed by atoms with E-state index in [1.54, 1.807) is 25.1 Å². The average Bonchev–Trinajstić information content (AvgIpc) is 2.92. The van der Waals surface area contributed by atoms with Gasteiger partial charge < -0.3 is 9.90 Å². The number of carbonyl (C=O) groups excluding carboxylic acids is 1. The highest BCUT2D eigenvalue weighted by Crippen LogP contribution is 2.32. The summed E-state index contributed by atoms with van der Waals surface area (Å²) in [6, 6.07) is 8.37. The van der Waals surface area contributed by atoms with Crippen LogP contribution in [0.2, 0.25) is 5.02 Å². The van der Waals surface area contributed by atoms with Crippen molar-refractivity contribution in [1.82, 2.24) is 9.78 Å². The Bertz CT molecular complexity index is 1070. The molecule has 0 bridgehead atoms. The number of aryl methyl sites for hydroxylation is 1. The maximum absolute atomic E-state index is 13.8. The first-order chi connectivity index (χ1) is 12.3. The van der Waals surface area contributed by atoms with Crippen molar-refractivity contribution in [3.05, 3.63) is 69.7 Å². The Morgan fingerprint density at radius 2 is 2.12 bits per heavy atom. The van der Waals surface area contributed by atoms with Gasteiger partial charge in [-0.2, -0.15) is 13.9 Å². The van der Waals surface area contributed by atoms with Crippen LogP contribution in [0.4, 0.5) is 14.5 Å². The molecule has 132 valence electrons. The molecular weight excluding hydrogens is 364 g/mol. The van der Waals surface area contributed by atoms with E-state index in [-0.39, 0.29) is 6.54 Å². The van der Waals surface area contributed by atoms with Crippen LogP contribution >= 0.6 is 11.6 Å². The Balaban J connectivity index is 2.16. The fourth-order valence-corrected chi connectivity index (χ4v) is 2.96. The molecule has 1 heterocycles. The summed E-state index contributed by atoms with van der Waals surface area (Å²) >= 11 is 6.17. The molecule has 8 heteroatoms. The van der Waals surface area contributed by atoms with Gasteiger partial charge >= 0.3 is 5.92 Å². The quantitative estimate of drug-likeness (QED) is 0.657. The Hall–Kier alpha value is -2.98. The molecule has 3 rings (SSSR count). The Kier molecular flexibility index (Phi) is 4.38. The number of carboxylic acid groups (broad SMARTS) is 1. The molecule has 2 aromatic carbocycles. The molecule has 0 spiro atoms. The second kappa shape index (κ2) is 6.39. The van der Waals surface area contributed by atoms with Gasteiger partial charge in [-0.05, 0) is 24.6 Å². The summed E-state index contributed by atoms with van der Waals surface area (Å²) in [6.45, 7) is 9.04. The maximum Gasteiger partial charge on any atom is 0.312 e. The van der Waals surface area contributed by atoms with Crippen molar-refractivity contribution in [3.8, 4) is 0 Å². The number of aliphatic carboxylic acids is 1. The average molecular weight is 375 g/mol. The molecule has 0 fully saturated rings. The number of fused-ring (bicyclic) bond motifs is 1. The van der Waals surface area contributed by atoms with E-state index in [4.69, 9.17) is 18.2 Å². The summed E-state index contributed by atoms with van der Waals surface area (Å²) < 4.78 is 29.0. The molecule has 0 saturated heterocycles. The van der Waals surface area contributed by atoms with Crippen LogP contribution in [-0.2, 0) is 17.3 Å². The lowest BCUT2D eigenvalue weighted by Gasteiger charge is -2.17. The van der Waals surface area contributed by atoms with Gasteiger partial charge in [0.15, 0.2) is 5.69 Å². The smallest absolute Gasteiger partial charge is 0.312 e. The lowest BCUT2D eigenvalue weighted by Crippen LogP contribution is -2.39. The first-order valence-corrected chi connectivity index (χ1v) is 7.85. The van der Waals surface area contributed by atoms with Crippen LogP contribution in [0.15, 0.2) is 36.4 Å². The third-order valence-electron chi connectivity index (χ3n) is 4.08. The first kappa shape index (κ1) is 17.8. The SMILES string of the molecule is [C-]#[N+]c1cccc(Cl)c1Cn1nc(C)c2ccc(C(F)(F)C(=O)[O-])cc21. The van der Waals surface area contributed by atoms with Crippen molar-refractivity contribution in [1.29, 1.82) is 0 Å². The van der Waals surface area contributed by atoms with Gasteiger partial charge in [-0.15, -0.1) is 0 Å². The van der Waals surface area contributed by atoms with Gasteiger partial charge in [-0.1, -0.05) is 35.9 Å². The standard InChI is InChI=1S/C18H12ClF2N3O2/c1-10-12-7-6-11(18(20,21)17(25)26)8-16(12)24(23-10)9-13-14(19)4-3-5-15(13)22-2/h3-8H,9H2,1H3,(H,25,26)/p-1. The molecule has 0 saturated carbocycles. The van der Waals surface area contributed by atoms with E-state index in [1.807, 2.05) is 0 Å². The van der Waals surface area contributed by atoms with Crippen LogP contribution in [0.1, 0.15) is 16.8 Å². The van der Waals surface area contributed by atoms with Gasteiger partial charge in [0.1, 0.15) is 5.97 Å². The number of carboxylic acids is 1. The lowest BCUT2D eigenvalue weighted by molar-refractivity contribution is -0.331. The molecule has 0 aliphatic rings. The van der Waals surface area contributed by atoms with Crippen LogP contribution in [0.3, 0.4) is 0 Å². The monoisotopic (exact) mass is 374 g/mol. The Morgan fingerprint density at radius 3 is 2.77 bits per heavy atom. The first-order valence-electron chi connectivity index (χ1n) is 7.47. The molecule has 1 aromatic heterocycles. The number of rotatable bonds is 4. The largest absolute Gasteiger partial charge is 0.544 e. The fraction of sp³-hybridized carbons (Fsp3) is 0.167. The number of benzene rings is 2. The Labute approximate surface area is 152 Å². The van der Waals surface area contributed by atoms with E-state index in [0.717, 1.165) is 12.1 Å². The summed E-state index contributed by atoms with van der Waals surface area (Å²) in [7, 11) is 0. The van der Waals surface area contributed by atoms with Crippen LogP contribution in [0.5, 0.6) is 0 Å². The normalized spacial score (nSPS) is 11.5. The topological polar surface area (TPSA) is 62.3 Å². The fourth-order valence-electron chi connectivity index (χ4n) is 2.73. The number of nitrogens with zero attached hydrogens (tertiary/aromatic N) is 3. The van der Waals surface area contributed by atoms with E-state index in [0.29, 0.717) is 32.9 Å². The predicted octanol–water partition coefficient (Wildman–Crippen LogP) is 3.44. The highest BCUT2D eigenvalue weighted by Gasteiger charge is 2.34. The number of alkyl halides is 2. The van der Waals surface area contributed by atoms with Crippen LogP contribution in [0.25, 0.3) is 15.7 Å². The molecule has 0 amide bonds. The zero-order valence-electron chi connectivity index (χ0n) is 13.5. The van der Waals surface area contributed by atoms with Gasteiger partial charge in [-0.3, -0.25) is 4.68 Å². The summed E-state index contributed by atoms with van der Waals surface area (Å²) in [5, 5.41) is 16.0. The maximum atomic E-state index is 13.8. The van der Waals surface area contributed by atoms with E-state index < -0.39 is 17.5 Å².